The minimum absolute atomic E-state index is 0.189. The minimum atomic E-state index is -3.58. The Morgan fingerprint density at radius 2 is 1.64 bits per heavy atom. The van der Waals surface area contributed by atoms with Gasteiger partial charge in [-0.1, -0.05) is 25.0 Å². The first-order valence-corrected chi connectivity index (χ1v) is 12.5. The Bertz CT molecular complexity index is 1060. The molecule has 0 aliphatic carbocycles. The maximum atomic E-state index is 13.0. The van der Waals surface area contributed by atoms with E-state index >= 15 is 0 Å². The van der Waals surface area contributed by atoms with Crippen molar-refractivity contribution >= 4 is 21.6 Å². The van der Waals surface area contributed by atoms with E-state index in [0.29, 0.717) is 42.4 Å². The van der Waals surface area contributed by atoms with Gasteiger partial charge in [0.05, 0.1) is 26.2 Å². The summed E-state index contributed by atoms with van der Waals surface area (Å²) in [5.74, 6) is 1.32. The van der Waals surface area contributed by atoms with Crippen molar-refractivity contribution in [2.24, 2.45) is 0 Å². The molecule has 1 heterocycles. The van der Waals surface area contributed by atoms with Gasteiger partial charge in [-0.05, 0) is 49.1 Å². The zero-order valence-electron chi connectivity index (χ0n) is 19.4. The van der Waals surface area contributed by atoms with Crippen LogP contribution in [-0.2, 0) is 21.2 Å². The number of nitrogens with zero attached hydrogens (tertiary/aromatic N) is 1. The lowest BCUT2D eigenvalue weighted by molar-refractivity contribution is -0.116. The first-order valence-electron chi connectivity index (χ1n) is 11.1. The van der Waals surface area contributed by atoms with E-state index in [1.165, 1.54) is 20.3 Å². The second kappa shape index (κ2) is 11.4. The first kappa shape index (κ1) is 24.9. The highest BCUT2D eigenvalue weighted by Gasteiger charge is 2.25. The number of hydrogen-bond donors (Lipinski definition) is 1. The smallest absolute Gasteiger partial charge is 0.243 e. The van der Waals surface area contributed by atoms with Crippen LogP contribution in [-0.4, -0.2) is 53.0 Å². The summed E-state index contributed by atoms with van der Waals surface area (Å²) in [6, 6.07) is 10.0. The van der Waals surface area contributed by atoms with E-state index in [-0.39, 0.29) is 17.2 Å². The van der Waals surface area contributed by atoms with Crippen LogP contribution in [0, 0.1) is 0 Å². The highest BCUT2D eigenvalue weighted by atomic mass is 32.2. The number of methoxy groups -OCH3 is 3. The van der Waals surface area contributed by atoms with Gasteiger partial charge in [0.1, 0.15) is 0 Å². The number of sulfonamides is 1. The minimum Gasteiger partial charge on any atom is -0.493 e. The SMILES string of the molecule is COc1ccc(CCC(=O)Nc2cccc(S(=O)(=O)N3CCCCCC3)c2)c(OC)c1OC. The number of anilines is 1. The van der Waals surface area contributed by atoms with Crippen LogP contribution in [0.4, 0.5) is 5.69 Å². The van der Waals surface area contributed by atoms with Crippen LogP contribution in [0.3, 0.4) is 0 Å². The second-order valence-electron chi connectivity index (χ2n) is 7.89. The van der Waals surface area contributed by atoms with Crippen LogP contribution in [0.2, 0.25) is 0 Å². The zero-order chi connectivity index (χ0) is 23.8. The lowest BCUT2D eigenvalue weighted by Gasteiger charge is -2.20. The summed E-state index contributed by atoms with van der Waals surface area (Å²) in [4.78, 5) is 12.8. The number of benzene rings is 2. The van der Waals surface area contributed by atoms with E-state index in [0.717, 1.165) is 31.2 Å². The van der Waals surface area contributed by atoms with Gasteiger partial charge in [0.25, 0.3) is 0 Å². The Morgan fingerprint density at radius 1 is 0.939 bits per heavy atom. The van der Waals surface area contributed by atoms with Crippen LogP contribution in [0.1, 0.15) is 37.7 Å². The van der Waals surface area contributed by atoms with Gasteiger partial charge in [0.15, 0.2) is 11.5 Å². The summed E-state index contributed by atoms with van der Waals surface area (Å²) in [6.45, 7) is 1.07. The quantitative estimate of drug-likeness (QED) is 0.591. The van der Waals surface area contributed by atoms with Crippen molar-refractivity contribution in [3.05, 3.63) is 42.0 Å². The Balaban J connectivity index is 1.68. The number of carbonyl (C=O) groups excluding carboxylic acids is 1. The zero-order valence-corrected chi connectivity index (χ0v) is 20.2. The molecule has 0 bridgehead atoms. The normalized spacial score (nSPS) is 14.9. The number of amides is 1. The number of nitrogens with one attached hydrogen (secondary N) is 1. The topological polar surface area (TPSA) is 94.2 Å². The molecule has 9 heteroatoms. The van der Waals surface area contributed by atoms with E-state index in [2.05, 4.69) is 5.32 Å². The van der Waals surface area contributed by atoms with E-state index < -0.39 is 10.0 Å². The van der Waals surface area contributed by atoms with Gasteiger partial charge >= 0.3 is 0 Å². The summed E-state index contributed by atoms with van der Waals surface area (Å²) >= 11 is 0. The molecule has 1 fully saturated rings. The molecule has 1 saturated heterocycles. The Kier molecular flexibility index (Phi) is 8.57. The van der Waals surface area contributed by atoms with E-state index in [9.17, 15) is 13.2 Å². The molecule has 180 valence electrons. The molecule has 1 N–H and O–H groups in total. The van der Waals surface area contributed by atoms with Crippen molar-refractivity contribution in [1.29, 1.82) is 0 Å². The van der Waals surface area contributed by atoms with Crippen LogP contribution in [0.15, 0.2) is 41.3 Å². The molecule has 8 nitrogen and oxygen atoms in total. The molecule has 0 atom stereocenters. The fourth-order valence-corrected chi connectivity index (χ4v) is 5.56. The molecule has 1 aliphatic heterocycles. The Labute approximate surface area is 195 Å². The summed E-state index contributed by atoms with van der Waals surface area (Å²) in [5, 5.41) is 2.81. The second-order valence-corrected chi connectivity index (χ2v) is 9.83. The van der Waals surface area contributed by atoms with Gasteiger partial charge in [0.2, 0.25) is 21.7 Å². The average molecular weight is 477 g/mol. The predicted octanol–water partition coefficient (Wildman–Crippen LogP) is 3.85. The van der Waals surface area contributed by atoms with Gasteiger partial charge in [-0.25, -0.2) is 8.42 Å². The molecule has 2 aromatic carbocycles. The third-order valence-corrected chi connectivity index (χ3v) is 7.62. The molecule has 0 unspecified atom stereocenters. The lowest BCUT2D eigenvalue weighted by atomic mass is 10.1. The van der Waals surface area contributed by atoms with Crippen molar-refractivity contribution < 1.29 is 27.4 Å². The predicted molar refractivity (Wildman–Crippen MR) is 127 cm³/mol. The summed E-state index contributed by atoms with van der Waals surface area (Å²) < 4.78 is 43.8. The Morgan fingerprint density at radius 3 is 2.27 bits per heavy atom. The van der Waals surface area contributed by atoms with Crippen molar-refractivity contribution in [3.63, 3.8) is 0 Å². The number of aryl methyl sites for hydroxylation is 1. The Hall–Kier alpha value is -2.78. The van der Waals surface area contributed by atoms with Crippen LogP contribution >= 0.6 is 0 Å². The maximum Gasteiger partial charge on any atom is 0.243 e. The maximum absolute atomic E-state index is 13.0. The molecule has 2 aromatic rings. The van der Waals surface area contributed by atoms with Crippen LogP contribution in [0.25, 0.3) is 0 Å². The summed E-state index contributed by atoms with van der Waals surface area (Å²) in [7, 11) is 1.03. The molecule has 0 aromatic heterocycles. The fraction of sp³-hybridized carbons (Fsp3) is 0.458. The summed E-state index contributed by atoms with van der Waals surface area (Å²) in [5.41, 5.74) is 1.26. The molecule has 3 rings (SSSR count). The summed E-state index contributed by atoms with van der Waals surface area (Å²) in [6.07, 6.45) is 4.44. The van der Waals surface area contributed by atoms with Crippen LogP contribution < -0.4 is 19.5 Å². The molecule has 1 aliphatic rings. The standard InChI is InChI=1S/C24H32N2O6S/c1-30-21-13-11-18(23(31-2)24(21)32-3)12-14-22(27)25-19-9-8-10-20(17-19)33(28,29)26-15-6-4-5-7-16-26/h8-11,13,17H,4-7,12,14-16H2,1-3H3,(H,25,27). The number of rotatable bonds is 9. The van der Waals surface area contributed by atoms with Crippen LogP contribution in [0.5, 0.6) is 17.2 Å². The van der Waals surface area contributed by atoms with Gasteiger partial charge in [-0.3, -0.25) is 4.79 Å². The fourth-order valence-electron chi connectivity index (χ4n) is 4.00. The van der Waals surface area contributed by atoms with E-state index in [1.54, 1.807) is 35.7 Å². The van der Waals surface area contributed by atoms with E-state index in [4.69, 9.17) is 14.2 Å². The molecular weight excluding hydrogens is 444 g/mol. The van der Waals surface area contributed by atoms with Crippen molar-refractivity contribution in [2.45, 2.75) is 43.4 Å². The largest absolute Gasteiger partial charge is 0.493 e. The van der Waals surface area contributed by atoms with E-state index in [1.807, 2.05) is 6.07 Å². The molecule has 0 saturated carbocycles. The number of hydrogen-bond acceptors (Lipinski definition) is 6. The molecule has 33 heavy (non-hydrogen) atoms. The number of ether oxygens (including phenoxy) is 3. The molecule has 0 radical (unpaired) electrons. The third kappa shape index (κ3) is 5.97. The van der Waals surface area contributed by atoms with Gasteiger partial charge in [0, 0.05) is 25.2 Å². The highest BCUT2D eigenvalue weighted by molar-refractivity contribution is 7.89. The third-order valence-electron chi connectivity index (χ3n) is 5.73. The average Bonchev–Trinajstić information content (AvgIpc) is 3.12. The number of carbonyl (C=O) groups is 1. The van der Waals surface area contributed by atoms with Gasteiger partial charge in [-0.15, -0.1) is 0 Å². The molecule has 1 amide bonds. The monoisotopic (exact) mass is 476 g/mol. The lowest BCUT2D eigenvalue weighted by Crippen LogP contribution is -2.32. The van der Waals surface area contributed by atoms with Gasteiger partial charge < -0.3 is 19.5 Å². The molecule has 0 spiro atoms. The molecular formula is C24H32N2O6S. The first-order chi connectivity index (χ1) is 15.9. The van der Waals surface area contributed by atoms with Crippen molar-refractivity contribution in [1.82, 2.24) is 4.31 Å². The van der Waals surface area contributed by atoms with Gasteiger partial charge in [-0.2, -0.15) is 4.31 Å². The van der Waals surface area contributed by atoms with Crippen molar-refractivity contribution in [3.8, 4) is 17.2 Å². The highest BCUT2D eigenvalue weighted by Crippen LogP contribution is 2.40. The van der Waals surface area contributed by atoms with Crippen molar-refractivity contribution in [2.75, 3.05) is 39.7 Å².